The van der Waals surface area contributed by atoms with Crippen LogP contribution in [0.15, 0.2) is 61.2 Å². The van der Waals surface area contributed by atoms with Crippen molar-refractivity contribution in [3.05, 3.63) is 78.4 Å². The highest BCUT2D eigenvalue weighted by Gasteiger charge is 2.27. The molecule has 32 heavy (non-hydrogen) atoms. The Morgan fingerprint density at radius 2 is 2.00 bits per heavy atom. The van der Waals surface area contributed by atoms with Crippen LogP contribution in [-0.2, 0) is 6.42 Å². The monoisotopic (exact) mass is 428 g/mol. The Morgan fingerprint density at radius 3 is 2.75 bits per heavy atom. The van der Waals surface area contributed by atoms with Gasteiger partial charge in [0.25, 0.3) is 5.91 Å². The molecule has 0 aliphatic heterocycles. The van der Waals surface area contributed by atoms with Crippen molar-refractivity contribution in [3.63, 3.8) is 0 Å². The van der Waals surface area contributed by atoms with Gasteiger partial charge in [0, 0.05) is 35.4 Å². The van der Waals surface area contributed by atoms with Crippen LogP contribution in [0, 0.1) is 5.82 Å². The molecule has 0 atom stereocenters. The summed E-state index contributed by atoms with van der Waals surface area (Å²) in [5.74, 6) is -0.337. The second-order valence-corrected chi connectivity index (χ2v) is 7.76. The highest BCUT2D eigenvalue weighted by Crippen LogP contribution is 2.38. The average Bonchev–Trinajstić information content (AvgIpc) is 3.57. The number of aromatic nitrogens is 5. The maximum Gasteiger partial charge on any atom is 0.274 e. The van der Waals surface area contributed by atoms with Crippen molar-refractivity contribution in [1.82, 2.24) is 24.7 Å². The van der Waals surface area contributed by atoms with Gasteiger partial charge in [0.1, 0.15) is 17.8 Å². The van der Waals surface area contributed by atoms with Crippen LogP contribution in [0.4, 0.5) is 10.1 Å². The van der Waals surface area contributed by atoms with Gasteiger partial charge in [-0.3, -0.25) is 14.8 Å². The number of hydrogen-bond acceptors (Lipinski definition) is 5. The lowest BCUT2D eigenvalue weighted by Gasteiger charge is -2.10. The number of nitrogens with zero attached hydrogens (tertiary/aromatic N) is 5. The molecule has 1 amide bonds. The Kier molecular flexibility index (Phi) is 5.18. The van der Waals surface area contributed by atoms with Crippen LogP contribution < -0.4 is 5.32 Å². The quantitative estimate of drug-likeness (QED) is 0.482. The smallest absolute Gasteiger partial charge is 0.274 e. The molecule has 1 aromatic carbocycles. The van der Waals surface area contributed by atoms with Crippen LogP contribution in [0.1, 0.15) is 42.0 Å². The first-order chi connectivity index (χ1) is 15.6. The van der Waals surface area contributed by atoms with Gasteiger partial charge in [-0.2, -0.15) is 0 Å². The maximum atomic E-state index is 14.5. The fourth-order valence-corrected chi connectivity index (χ4v) is 3.56. The minimum atomic E-state index is -0.416. The fourth-order valence-electron chi connectivity index (χ4n) is 3.56. The molecular formula is C24H21FN6O. The summed E-state index contributed by atoms with van der Waals surface area (Å²) < 4.78 is 16.4. The van der Waals surface area contributed by atoms with Crippen LogP contribution in [0.3, 0.4) is 0 Å². The normalized spacial score (nSPS) is 13.2. The van der Waals surface area contributed by atoms with Crippen molar-refractivity contribution in [2.45, 2.75) is 32.2 Å². The number of halogens is 1. The Hall–Kier alpha value is -3.94. The van der Waals surface area contributed by atoms with Crippen molar-refractivity contribution in [1.29, 1.82) is 0 Å². The van der Waals surface area contributed by atoms with E-state index in [1.165, 1.54) is 12.1 Å². The third kappa shape index (κ3) is 3.99. The highest BCUT2D eigenvalue weighted by atomic mass is 19.1. The molecule has 160 valence electrons. The van der Waals surface area contributed by atoms with E-state index in [1.807, 2.05) is 29.7 Å². The van der Waals surface area contributed by atoms with Gasteiger partial charge in [0.05, 0.1) is 5.56 Å². The number of hydrogen-bond donors (Lipinski definition) is 1. The maximum absolute atomic E-state index is 14.5. The van der Waals surface area contributed by atoms with Crippen molar-refractivity contribution in [2.24, 2.45) is 0 Å². The van der Waals surface area contributed by atoms with Gasteiger partial charge in [-0.15, -0.1) is 10.2 Å². The number of amides is 1. The SMILES string of the molecule is CCc1ccc(-c2ccnc(C(=O)Nc3ccc(F)c(-c4nncn4C4CC4)c3)c2)cn1. The van der Waals surface area contributed by atoms with E-state index >= 15 is 0 Å². The number of rotatable bonds is 6. The first-order valence-corrected chi connectivity index (χ1v) is 10.5. The van der Waals surface area contributed by atoms with Crippen molar-refractivity contribution in [2.75, 3.05) is 5.32 Å². The third-order valence-corrected chi connectivity index (χ3v) is 5.49. The topological polar surface area (TPSA) is 85.6 Å². The van der Waals surface area contributed by atoms with Crippen LogP contribution in [-0.4, -0.2) is 30.6 Å². The predicted molar refractivity (Wildman–Crippen MR) is 118 cm³/mol. The molecule has 1 aliphatic rings. The molecule has 7 nitrogen and oxygen atoms in total. The fraction of sp³-hybridized carbons (Fsp3) is 0.208. The van der Waals surface area contributed by atoms with Gasteiger partial charge in [0.15, 0.2) is 5.82 Å². The molecule has 5 rings (SSSR count). The molecular weight excluding hydrogens is 407 g/mol. The van der Waals surface area contributed by atoms with Gasteiger partial charge in [-0.25, -0.2) is 4.39 Å². The second kappa shape index (κ2) is 8.30. The molecule has 4 aromatic rings. The second-order valence-electron chi connectivity index (χ2n) is 7.76. The Labute approximate surface area is 184 Å². The number of benzene rings is 1. The van der Waals surface area contributed by atoms with Crippen molar-refractivity contribution >= 4 is 11.6 Å². The Bertz CT molecular complexity index is 1280. The lowest BCUT2D eigenvalue weighted by atomic mass is 10.1. The number of nitrogens with one attached hydrogen (secondary N) is 1. The average molecular weight is 428 g/mol. The van der Waals surface area contributed by atoms with E-state index in [0.29, 0.717) is 23.1 Å². The van der Waals surface area contributed by atoms with E-state index in [4.69, 9.17) is 0 Å². The zero-order valence-corrected chi connectivity index (χ0v) is 17.5. The number of carbonyl (C=O) groups excluding carboxylic acids is 1. The first-order valence-electron chi connectivity index (χ1n) is 10.5. The Morgan fingerprint density at radius 1 is 1.12 bits per heavy atom. The summed E-state index contributed by atoms with van der Waals surface area (Å²) >= 11 is 0. The summed E-state index contributed by atoms with van der Waals surface area (Å²) in [6.07, 6.45) is 7.92. The van der Waals surface area contributed by atoms with Crippen molar-refractivity contribution in [3.8, 4) is 22.5 Å². The molecule has 0 spiro atoms. The lowest BCUT2D eigenvalue weighted by molar-refractivity contribution is 0.102. The van der Waals surface area contributed by atoms with E-state index in [2.05, 4.69) is 25.5 Å². The zero-order valence-electron chi connectivity index (χ0n) is 17.5. The molecule has 1 aliphatic carbocycles. The molecule has 1 fully saturated rings. The van der Waals surface area contributed by atoms with E-state index in [-0.39, 0.29) is 11.6 Å². The molecule has 3 aromatic heterocycles. The minimum Gasteiger partial charge on any atom is -0.321 e. The van der Waals surface area contributed by atoms with Crippen LogP contribution >= 0.6 is 0 Å². The summed E-state index contributed by atoms with van der Waals surface area (Å²) in [4.78, 5) is 21.5. The number of pyridine rings is 2. The predicted octanol–water partition coefficient (Wildman–Crippen LogP) is 4.69. The summed E-state index contributed by atoms with van der Waals surface area (Å²) in [6, 6.07) is 12.2. The number of carbonyl (C=O) groups is 1. The van der Waals surface area contributed by atoms with Crippen LogP contribution in [0.5, 0.6) is 0 Å². The molecule has 3 heterocycles. The molecule has 0 bridgehead atoms. The van der Waals surface area contributed by atoms with E-state index in [9.17, 15) is 9.18 Å². The van der Waals surface area contributed by atoms with E-state index < -0.39 is 5.82 Å². The summed E-state index contributed by atoms with van der Waals surface area (Å²) in [5, 5.41) is 10.8. The first kappa shape index (κ1) is 20.0. The van der Waals surface area contributed by atoms with Crippen LogP contribution in [0.2, 0.25) is 0 Å². The third-order valence-electron chi connectivity index (χ3n) is 5.49. The molecule has 1 N–H and O–H groups in total. The van der Waals surface area contributed by atoms with Gasteiger partial charge in [0.2, 0.25) is 0 Å². The molecule has 0 radical (unpaired) electrons. The largest absolute Gasteiger partial charge is 0.321 e. The number of anilines is 1. The van der Waals surface area contributed by atoms with Gasteiger partial charge < -0.3 is 9.88 Å². The summed E-state index contributed by atoms with van der Waals surface area (Å²) in [7, 11) is 0. The minimum absolute atomic E-state index is 0.258. The lowest BCUT2D eigenvalue weighted by Crippen LogP contribution is -2.14. The standard InChI is InChI=1S/C24H21FN6O/c1-2-17-4-3-16(13-27-17)15-9-10-26-22(11-15)24(32)29-18-5-8-21(25)20(12-18)23-30-28-14-31(23)19-6-7-19/h3-5,8-14,19H,2,6-7H2,1H3,(H,29,32). The zero-order chi connectivity index (χ0) is 22.1. The highest BCUT2D eigenvalue weighted by molar-refractivity contribution is 6.03. The number of aryl methyl sites for hydroxylation is 1. The summed E-state index contributed by atoms with van der Waals surface area (Å²) in [6.45, 7) is 2.05. The molecule has 0 saturated heterocycles. The van der Waals surface area contributed by atoms with E-state index in [0.717, 1.165) is 36.1 Å². The Balaban J connectivity index is 1.39. The van der Waals surface area contributed by atoms with Gasteiger partial charge in [-0.05, 0) is 61.2 Å². The van der Waals surface area contributed by atoms with Crippen molar-refractivity contribution < 1.29 is 9.18 Å². The van der Waals surface area contributed by atoms with Crippen LogP contribution in [0.25, 0.3) is 22.5 Å². The molecule has 8 heteroatoms. The van der Waals surface area contributed by atoms with Gasteiger partial charge >= 0.3 is 0 Å². The van der Waals surface area contributed by atoms with E-state index in [1.54, 1.807) is 30.9 Å². The summed E-state index contributed by atoms with van der Waals surface area (Å²) in [5.41, 5.74) is 3.77. The molecule has 1 saturated carbocycles. The molecule has 0 unspecified atom stereocenters. The van der Waals surface area contributed by atoms with Gasteiger partial charge in [-0.1, -0.05) is 13.0 Å².